The van der Waals surface area contributed by atoms with Gasteiger partial charge in [-0.1, -0.05) is 105 Å². The van der Waals surface area contributed by atoms with E-state index in [-0.39, 0.29) is 47.9 Å². The van der Waals surface area contributed by atoms with E-state index in [1.807, 2.05) is 53.8 Å². The topological polar surface area (TPSA) is 76.5 Å². The first-order valence-corrected chi connectivity index (χ1v) is 19.8. The molecular weight excluding hydrogens is 859 g/mol. The van der Waals surface area contributed by atoms with E-state index in [0.717, 1.165) is 82.4 Å². The van der Waals surface area contributed by atoms with E-state index in [0.29, 0.717) is 5.92 Å². The molecular formula is C49H60IrNO4-. The Morgan fingerprint density at radius 2 is 1.51 bits per heavy atom. The first kappa shape index (κ1) is 43.7. The van der Waals surface area contributed by atoms with Crippen LogP contribution in [0, 0.1) is 29.7 Å². The van der Waals surface area contributed by atoms with Crippen LogP contribution in [0.5, 0.6) is 0 Å². The quantitative estimate of drug-likeness (QED) is 0.0796. The molecule has 0 aliphatic rings. The minimum Gasteiger partial charge on any atom is -0.512 e. The summed E-state index contributed by atoms with van der Waals surface area (Å²) in [6, 6.07) is 24.8. The molecule has 0 saturated heterocycles. The summed E-state index contributed by atoms with van der Waals surface area (Å²) >= 11 is 0. The van der Waals surface area contributed by atoms with Crippen molar-refractivity contribution in [2.75, 3.05) is 0 Å². The summed E-state index contributed by atoms with van der Waals surface area (Å²) in [5.41, 5.74) is 6.47. The van der Waals surface area contributed by atoms with Gasteiger partial charge < -0.3 is 13.9 Å². The fraction of sp³-hybridized carbons (Fsp3) is 0.429. The van der Waals surface area contributed by atoms with Crippen LogP contribution in [0.15, 0.2) is 87.5 Å². The monoisotopic (exact) mass is 919 g/mol. The molecule has 6 rings (SSSR count). The number of hydrogen-bond acceptors (Lipinski definition) is 5. The number of ketones is 1. The van der Waals surface area contributed by atoms with Gasteiger partial charge in [0, 0.05) is 70.8 Å². The molecule has 0 aliphatic carbocycles. The smallest absolute Gasteiger partial charge is 0.164 e. The van der Waals surface area contributed by atoms with E-state index in [2.05, 4.69) is 102 Å². The summed E-state index contributed by atoms with van der Waals surface area (Å²) in [7, 11) is 0. The van der Waals surface area contributed by atoms with Crippen LogP contribution in [0.25, 0.3) is 55.3 Å². The third-order valence-corrected chi connectivity index (χ3v) is 11.8. The van der Waals surface area contributed by atoms with Crippen molar-refractivity contribution in [2.24, 2.45) is 16.7 Å². The molecule has 1 radical (unpaired) electrons. The number of benzene rings is 3. The van der Waals surface area contributed by atoms with Crippen molar-refractivity contribution in [1.82, 2.24) is 4.98 Å². The van der Waals surface area contributed by atoms with Crippen molar-refractivity contribution in [3.05, 3.63) is 102 Å². The van der Waals surface area contributed by atoms with Crippen molar-refractivity contribution in [1.29, 1.82) is 0 Å². The Morgan fingerprint density at radius 3 is 2.13 bits per heavy atom. The van der Waals surface area contributed by atoms with Crippen LogP contribution < -0.4 is 0 Å². The Labute approximate surface area is 342 Å². The molecule has 5 nitrogen and oxygen atoms in total. The van der Waals surface area contributed by atoms with Crippen LogP contribution in [-0.4, -0.2) is 15.9 Å². The minimum absolute atomic E-state index is 0. The summed E-state index contributed by atoms with van der Waals surface area (Å²) in [5, 5.41) is 14.7. The first-order chi connectivity index (χ1) is 25.5. The van der Waals surface area contributed by atoms with Gasteiger partial charge in [-0.15, -0.1) is 29.1 Å². The second-order valence-corrected chi connectivity index (χ2v) is 17.0. The second kappa shape index (κ2) is 17.4. The molecule has 0 spiro atoms. The molecule has 0 fully saturated rings. The van der Waals surface area contributed by atoms with Crippen molar-refractivity contribution in [3.63, 3.8) is 0 Å². The van der Waals surface area contributed by atoms with Crippen LogP contribution in [0.3, 0.4) is 0 Å². The number of nitrogens with zero attached hydrogens (tertiary/aromatic N) is 1. The van der Waals surface area contributed by atoms with E-state index in [9.17, 15) is 9.90 Å². The van der Waals surface area contributed by atoms with Crippen LogP contribution >= 0.6 is 0 Å². The predicted octanol–water partition coefficient (Wildman–Crippen LogP) is 14.3. The van der Waals surface area contributed by atoms with E-state index < -0.39 is 0 Å². The summed E-state index contributed by atoms with van der Waals surface area (Å²) in [5.74, 6) is 2.67. The largest absolute Gasteiger partial charge is 0.512 e. The molecule has 0 atom stereocenters. The van der Waals surface area contributed by atoms with Gasteiger partial charge in [-0.2, -0.15) is 0 Å². The molecule has 0 aliphatic heterocycles. The number of aromatic nitrogens is 1. The molecule has 0 unspecified atom stereocenters. The number of aliphatic hydroxyl groups excluding tert-OH is 1. The molecule has 295 valence electrons. The normalized spacial score (nSPS) is 12.6. The van der Waals surface area contributed by atoms with E-state index in [1.165, 1.54) is 28.0 Å². The number of carbonyl (C=O) groups is 1. The van der Waals surface area contributed by atoms with E-state index in [1.54, 1.807) is 0 Å². The third-order valence-electron chi connectivity index (χ3n) is 11.8. The summed E-state index contributed by atoms with van der Waals surface area (Å²) < 4.78 is 12.6. The zero-order valence-corrected chi connectivity index (χ0v) is 37.4. The molecule has 1 N–H and O–H groups in total. The zero-order valence-electron chi connectivity index (χ0n) is 35.0. The Kier molecular flexibility index (Phi) is 13.9. The number of carbonyl (C=O) groups excluding carboxylic acids is 1. The Balaban J connectivity index is 0.000000320. The first-order valence-electron chi connectivity index (χ1n) is 19.8. The predicted molar refractivity (Wildman–Crippen MR) is 226 cm³/mol. The molecule has 3 aromatic heterocycles. The third kappa shape index (κ3) is 9.19. The number of aryl methyl sites for hydroxylation is 1. The summed E-state index contributed by atoms with van der Waals surface area (Å²) in [6.45, 7) is 25.4. The Bertz CT molecular complexity index is 2290. The van der Waals surface area contributed by atoms with Crippen LogP contribution in [-0.2, 0) is 36.7 Å². The van der Waals surface area contributed by atoms with Gasteiger partial charge in [-0.3, -0.25) is 9.78 Å². The number of fused-ring (bicyclic) bond motifs is 3. The van der Waals surface area contributed by atoms with E-state index >= 15 is 0 Å². The molecule has 0 bridgehead atoms. The second-order valence-electron chi connectivity index (χ2n) is 17.0. The molecule has 55 heavy (non-hydrogen) atoms. The molecule has 3 aromatic carbocycles. The average molecular weight is 919 g/mol. The maximum atomic E-state index is 12.2. The summed E-state index contributed by atoms with van der Waals surface area (Å²) in [4.78, 5) is 17.0. The Hall–Kier alpha value is -3.99. The average Bonchev–Trinajstić information content (AvgIpc) is 3.73. The zero-order chi connectivity index (χ0) is 39.6. The Morgan fingerprint density at radius 1 is 0.855 bits per heavy atom. The number of rotatable bonds is 11. The maximum absolute atomic E-state index is 12.2. The van der Waals surface area contributed by atoms with Crippen molar-refractivity contribution >= 4 is 38.5 Å². The van der Waals surface area contributed by atoms with Gasteiger partial charge in [-0.25, -0.2) is 0 Å². The molecule has 6 heteroatoms. The van der Waals surface area contributed by atoms with E-state index in [4.69, 9.17) is 13.8 Å². The van der Waals surface area contributed by atoms with Crippen molar-refractivity contribution in [2.45, 2.75) is 121 Å². The van der Waals surface area contributed by atoms with Crippen molar-refractivity contribution < 1.29 is 38.8 Å². The molecule has 3 heterocycles. The van der Waals surface area contributed by atoms with Gasteiger partial charge in [0.1, 0.15) is 28.4 Å². The van der Waals surface area contributed by atoms with Gasteiger partial charge in [0.05, 0.1) is 0 Å². The van der Waals surface area contributed by atoms with Crippen LogP contribution in [0.4, 0.5) is 0 Å². The number of hydrogen-bond donors (Lipinski definition) is 1. The summed E-state index contributed by atoms with van der Waals surface area (Å²) in [6.07, 6.45) is 7.61. The number of allylic oxidation sites excluding steroid dienone is 2. The van der Waals surface area contributed by atoms with Gasteiger partial charge >= 0.3 is 0 Å². The van der Waals surface area contributed by atoms with Gasteiger partial charge in [0.15, 0.2) is 5.78 Å². The standard InChI is InChI=1S/C34H32NO2.C15H28O2.Ir/c1-20(2)15-27-21(3)36-30-12-11-23(17-28(27)30)31-19-24-13-14-35-32(33(24)37-31)25-16-22-9-7-8-10-26(22)29(18-25)34(4,5)6;1-7-14(5,8-2)12(16)11-13(17)15(6,9-3)10-4;/h7-14,17-20H,15H2,1-6H3;11,16H,7-10H2,1-6H3;/q-1;;/b;12-11-;. The van der Waals surface area contributed by atoms with Crippen LogP contribution in [0.2, 0.25) is 0 Å². The van der Waals surface area contributed by atoms with Gasteiger partial charge in [0.25, 0.3) is 0 Å². The molecule has 6 aromatic rings. The number of furan rings is 2. The number of aliphatic hydroxyl groups is 1. The van der Waals surface area contributed by atoms with Gasteiger partial charge in [-0.05, 0) is 80.7 Å². The SMILES string of the molecule is CCC(C)(CC)C(=O)/C=C(\O)C(C)(CC)CC.Cc1oc2ccc(-c3cc4ccnc(-c5[c-]c6ccccc6c(C(C)(C)C)c5)c4o3)cc2c1CC(C)C.[Ir]. The number of pyridine rings is 1. The molecule has 0 saturated carbocycles. The van der Waals surface area contributed by atoms with Gasteiger partial charge in [0.2, 0.25) is 0 Å². The minimum atomic E-state index is -0.337. The maximum Gasteiger partial charge on any atom is 0.164 e. The fourth-order valence-electron chi connectivity index (χ4n) is 7.05. The van der Waals surface area contributed by atoms with Crippen molar-refractivity contribution in [3.8, 4) is 22.6 Å². The van der Waals surface area contributed by atoms with Crippen LogP contribution in [0.1, 0.15) is 119 Å². The fourth-order valence-corrected chi connectivity index (χ4v) is 7.05. The molecule has 0 amide bonds.